The molecule has 3 heterocycles. The SMILES string of the molecule is CC(=O)O.CNCC(=O)N1CC(n2nc(-c3ccc(Oc4ccccc4)cc3)c3c(N)ncnc32)C1. The summed E-state index contributed by atoms with van der Waals surface area (Å²) in [5.41, 5.74) is 8.48. The molecule has 1 aliphatic heterocycles. The Balaban J connectivity index is 0.000000709. The molecule has 0 aliphatic carbocycles. The number of likely N-dealkylation sites (N-methyl/N-ethyl adjacent to an activating group) is 1. The molecule has 0 bridgehead atoms. The topological polar surface area (TPSA) is 148 Å². The zero-order valence-corrected chi connectivity index (χ0v) is 20.0. The quantitative estimate of drug-likeness (QED) is 0.371. The number of carbonyl (C=O) groups excluding carboxylic acids is 1. The average molecular weight is 490 g/mol. The van der Waals surface area contributed by atoms with E-state index >= 15 is 0 Å². The summed E-state index contributed by atoms with van der Waals surface area (Å²) in [7, 11) is 1.76. The molecule has 1 fully saturated rings. The van der Waals surface area contributed by atoms with E-state index in [1.165, 1.54) is 6.33 Å². The molecule has 0 radical (unpaired) electrons. The number of para-hydroxylation sites is 1. The van der Waals surface area contributed by atoms with Crippen LogP contribution in [0, 0.1) is 0 Å². The second-order valence-electron chi connectivity index (χ2n) is 8.19. The van der Waals surface area contributed by atoms with Crippen molar-refractivity contribution in [3.8, 4) is 22.8 Å². The van der Waals surface area contributed by atoms with E-state index in [2.05, 4.69) is 15.3 Å². The number of benzene rings is 2. The number of fused-ring (bicyclic) bond motifs is 1. The van der Waals surface area contributed by atoms with E-state index in [9.17, 15) is 4.79 Å². The van der Waals surface area contributed by atoms with Gasteiger partial charge in [-0.15, -0.1) is 0 Å². The summed E-state index contributed by atoms with van der Waals surface area (Å²) in [5, 5.41) is 15.9. The number of nitrogens with two attached hydrogens (primary N) is 1. The van der Waals surface area contributed by atoms with E-state index in [1.807, 2.05) is 59.3 Å². The Kier molecular flexibility index (Phi) is 7.40. The van der Waals surface area contributed by atoms with Crippen molar-refractivity contribution < 1.29 is 19.4 Å². The summed E-state index contributed by atoms with van der Waals surface area (Å²) in [5.74, 6) is 1.12. The molecular formula is C25H27N7O4. The van der Waals surface area contributed by atoms with Gasteiger partial charge in [-0.1, -0.05) is 18.2 Å². The van der Waals surface area contributed by atoms with Gasteiger partial charge in [0.05, 0.1) is 18.0 Å². The van der Waals surface area contributed by atoms with Gasteiger partial charge in [-0.3, -0.25) is 9.59 Å². The summed E-state index contributed by atoms with van der Waals surface area (Å²) in [6.45, 7) is 2.58. The second kappa shape index (κ2) is 10.8. The third kappa shape index (κ3) is 5.41. The van der Waals surface area contributed by atoms with Crippen LogP contribution in [0.4, 0.5) is 5.82 Å². The first-order valence-electron chi connectivity index (χ1n) is 11.3. The Labute approximate surface area is 207 Å². The normalized spacial score (nSPS) is 13.0. The van der Waals surface area contributed by atoms with Gasteiger partial charge in [0, 0.05) is 25.6 Å². The van der Waals surface area contributed by atoms with E-state index in [-0.39, 0.29) is 11.9 Å². The molecule has 36 heavy (non-hydrogen) atoms. The van der Waals surface area contributed by atoms with Crippen molar-refractivity contribution in [1.29, 1.82) is 0 Å². The van der Waals surface area contributed by atoms with E-state index in [0.717, 1.165) is 24.0 Å². The number of ether oxygens (including phenoxy) is 1. The molecule has 4 N–H and O–H groups in total. The molecule has 1 aliphatic rings. The van der Waals surface area contributed by atoms with Gasteiger partial charge in [0.2, 0.25) is 5.91 Å². The summed E-state index contributed by atoms with van der Waals surface area (Å²) >= 11 is 0. The maximum absolute atomic E-state index is 12.1. The molecule has 4 aromatic rings. The molecule has 0 saturated carbocycles. The highest BCUT2D eigenvalue weighted by Crippen LogP contribution is 2.34. The molecule has 1 amide bonds. The monoisotopic (exact) mass is 489 g/mol. The lowest BCUT2D eigenvalue weighted by Crippen LogP contribution is -2.53. The van der Waals surface area contributed by atoms with Crippen LogP contribution in [0.3, 0.4) is 0 Å². The first-order valence-corrected chi connectivity index (χ1v) is 11.3. The van der Waals surface area contributed by atoms with Crippen LogP contribution in [0.15, 0.2) is 60.9 Å². The fraction of sp³-hybridized carbons (Fsp3) is 0.240. The minimum atomic E-state index is -0.833. The Hall–Kier alpha value is -4.51. The molecule has 11 nitrogen and oxygen atoms in total. The van der Waals surface area contributed by atoms with Crippen LogP contribution in [0.1, 0.15) is 13.0 Å². The Morgan fingerprint density at radius 3 is 2.36 bits per heavy atom. The minimum Gasteiger partial charge on any atom is -0.481 e. The van der Waals surface area contributed by atoms with Gasteiger partial charge in [-0.25, -0.2) is 14.6 Å². The first kappa shape index (κ1) is 24.6. The molecular weight excluding hydrogens is 462 g/mol. The van der Waals surface area contributed by atoms with Gasteiger partial charge < -0.3 is 25.8 Å². The maximum Gasteiger partial charge on any atom is 0.300 e. The number of nitrogen functional groups attached to an aromatic ring is 1. The number of carboxylic acids is 1. The highest BCUT2D eigenvalue weighted by molar-refractivity contribution is 5.98. The largest absolute Gasteiger partial charge is 0.481 e. The number of aromatic nitrogens is 4. The molecule has 186 valence electrons. The van der Waals surface area contributed by atoms with Crippen LogP contribution in [-0.2, 0) is 9.59 Å². The first-order chi connectivity index (χ1) is 17.4. The molecule has 0 atom stereocenters. The fourth-order valence-electron chi connectivity index (χ4n) is 3.83. The summed E-state index contributed by atoms with van der Waals surface area (Å²) in [6, 6.07) is 17.3. The van der Waals surface area contributed by atoms with Gasteiger partial charge in [0.25, 0.3) is 5.97 Å². The van der Waals surface area contributed by atoms with Crippen LogP contribution < -0.4 is 15.8 Å². The van der Waals surface area contributed by atoms with Gasteiger partial charge in [0.15, 0.2) is 5.65 Å². The smallest absolute Gasteiger partial charge is 0.300 e. The number of carboxylic acid groups (broad SMARTS) is 1. The van der Waals surface area contributed by atoms with E-state index in [4.69, 9.17) is 25.5 Å². The van der Waals surface area contributed by atoms with Crippen molar-refractivity contribution in [2.75, 3.05) is 32.4 Å². The van der Waals surface area contributed by atoms with Crippen molar-refractivity contribution in [3.05, 3.63) is 60.9 Å². The van der Waals surface area contributed by atoms with Gasteiger partial charge >= 0.3 is 0 Å². The number of carbonyl (C=O) groups is 2. The zero-order valence-electron chi connectivity index (χ0n) is 20.0. The van der Waals surface area contributed by atoms with Crippen LogP contribution >= 0.6 is 0 Å². The number of aliphatic carboxylic acids is 1. The predicted octanol–water partition coefficient (Wildman–Crippen LogP) is 2.56. The molecule has 0 unspecified atom stereocenters. The number of likely N-dealkylation sites (tertiary alicyclic amines) is 1. The zero-order chi connectivity index (χ0) is 25.7. The third-order valence-electron chi connectivity index (χ3n) is 5.51. The molecule has 2 aromatic heterocycles. The van der Waals surface area contributed by atoms with Crippen molar-refractivity contribution in [1.82, 2.24) is 30.0 Å². The standard InChI is InChI=1S/C23H23N7O2.C2H4O2/c1-25-11-19(31)29-12-16(13-29)30-23-20(22(24)26-14-27-23)21(28-30)15-7-9-18(10-8-15)32-17-5-3-2-4-6-17;1-2(3)4/h2-10,14,16,25H,11-13H2,1H3,(H2,24,26,27);1H3,(H,3,4). The van der Waals surface area contributed by atoms with Gasteiger partial charge in [-0.05, 0) is 43.4 Å². The van der Waals surface area contributed by atoms with Crippen LogP contribution in [0.25, 0.3) is 22.3 Å². The van der Waals surface area contributed by atoms with Crippen molar-refractivity contribution in [3.63, 3.8) is 0 Å². The molecule has 0 spiro atoms. The van der Waals surface area contributed by atoms with Crippen LogP contribution in [-0.4, -0.2) is 68.3 Å². The van der Waals surface area contributed by atoms with E-state index in [0.29, 0.717) is 42.2 Å². The molecule has 11 heteroatoms. The Morgan fingerprint density at radius 2 is 1.72 bits per heavy atom. The minimum absolute atomic E-state index is 0.0436. The van der Waals surface area contributed by atoms with E-state index < -0.39 is 5.97 Å². The second-order valence-corrected chi connectivity index (χ2v) is 8.19. The average Bonchev–Trinajstić information content (AvgIpc) is 3.20. The number of nitrogens with one attached hydrogen (secondary N) is 1. The summed E-state index contributed by atoms with van der Waals surface area (Å²) in [4.78, 5) is 31.5. The van der Waals surface area contributed by atoms with Crippen LogP contribution in [0.2, 0.25) is 0 Å². The molecule has 5 rings (SSSR count). The lowest BCUT2D eigenvalue weighted by Gasteiger charge is -2.39. The van der Waals surface area contributed by atoms with Crippen molar-refractivity contribution in [2.24, 2.45) is 0 Å². The summed E-state index contributed by atoms with van der Waals surface area (Å²) in [6.07, 6.45) is 1.44. The van der Waals surface area contributed by atoms with Crippen molar-refractivity contribution in [2.45, 2.75) is 13.0 Å². The van der Waals surface area contributed by atoms with E-state index in [1.54, 1.807) is 11.9 Å². The molecule has 2 aromatic carbocycles. The maximum atomic E-state index is 12.1. The Morgan fingerprint density at radius 1 is 1.08 bits per heavy atom. The number of nitrogens with zero attached hydrogens (tertiary/aromatic N) is 5. The van der Waals surface area contributed by atoms with Crippen LogP contribution in [0.5, 0.6) is 11.5 Å². The number of hydrogen-bond acceptors (Lipinski definition) is 8. The number of rotatable bonds is 6. The predicted molar refractivity (Wildman–Crippen MR) is 135 cm³/mol. The van der Waals surface area contributed by atoms with Gasteiger partial charge in [0.1, 0.15) is 29.3 Å². The van der Waals surface area contributed by atoms with Crippen molar-refractivity contribution >= 4 is 28.7 Å². The lowest BCUT2D eigenvalue weighted by atomic mass is 10.1. The highest BCUT2D eigenvalue weighted by atomic mass is 16.5. The number of anilines is 1. The summed E-state index contributed by atoms with van der Waals surface area (Å²) < 4.78 is 7.75. The van der Waals surface area contributed by atoms with Gasteiger partial charge in [-0.2, -0.15) is 5.10 Å². The molecule has 1 saturated heterocycles. The fourth-order valence-corrected chi connectivity index (χ4v) is 3.83. The highest BCUT2D eigenvalue weighted by Gasteiger charge is 2.34. The number of hydrogen-bond donors (Lipinski definition) is 3. The Bertz CT molecular complexity index is 1350. The lowest BCUT2D eigenvalue weighted by molar-refractivity contribution is -0.136. The third-order valence-corrected chi connectivity index (χ3v) is 5.51. The number of amides is 1.